The summed E-state index contributed by atoms with van der Waals surface area (Å²) in [6.07, 6.45) is 6.38. The van der Waals surface area contributed by atoms with Gasteiger partial charge >= 0.3 is 0 Å². The van der Waals surface area contributed by atoms with E-state index in [1.54, 1.807) is 0 Å². The largest absolute Gasteiger partial charge is 0.385 e. The third-order valence-corrected chi connectivity index (χ3v) is 4.77. The molecule has 1 saturated heterocycles. The topological polar surface area (TPSA) is 23.5 Å². The van der Waals surface area contributed by atoms with Crippen molar-refractivity contribution < 1.29 is 5.11 Å². The Labute approximate surface area is 122 Å². The molecular formula is C18H25NO. The van der Waals surface area contributed by atoms with Crippen LogP contribution in [-0.2, 0) is 5.60 Å². The quantitative estimate of drug-likeness (QED) is 0.836. The summed E-state index contributed by atoms with van der Waals surface area (Å²) in [5.41, 5.74) is -0.0226. The first kappa shape index (κ1) is 15.1. The molecule has 1 aliphatic heterocycles. The number of rotatable bonds is 2. The zero-order chi connectivity index (χ0) is 15.0. The van der Waals surface area contributed by atoms with Crippen LogP contribution in [0.5, 0.6) is 0 Å². The lowest BCUT2D eigenvalue weighted by Gasteiger charge is -2.51. The average molecular weight is 271 g/mol. The second kappa shape index (κ2) is 5.24. The van der Waals surface area contributed by atoms with Crippen LogP contribution in [0.1, 0.15) is 39.7 Å². The van der Waals surface area contributed by atoms with Crippen LogP contribution in [0.25, 0.3) is 0 Å². The van der Waals surface area contributed by atoms with Gasteiger partial charge in [-0.15, -0.1) is 6.42 Å². The molecule has 108 valence electrons. The van der Waals surface area contributed by atoms with E-state index in [-0.39, 0.29) is 17.5 Å². The predicted molar refractivity (Wildman–Crippen MR) is 83.2 cm³/mol. The van der Waals surface area contributed by atoms with E-state index in [1.807, 2.05) is 30.3 Å². The van der Waals surface area contributed by atoms with Crippen molar-refractivity contribution in [2.24, 2.45) is 5.92 Å². The fraction of sp³-hybridized carbons (Fsp3) is 0.556. The highest BCUT2D eigenvalue weighted by atomic mass is 16.3. The van der Waals surface area contributed by atoms with Gasteiger partial charge in [0.1, 0.15) is 0 Å². The highest BCUT2D eigenvalue weighted by Crippen LogP contribution is 2.41. The summed E-state index contributed by atoms with van der Waals surface area (Å²) in [5, 5.41) is 11.2. The molecule has 1 aliphatic rings. The normalized spacial score (nSPS) is 31.8. The average Bonchev–Trinajstić information content (AvgIpc) is 2.43. The van der Waals surface area contributed by atoms with E-state index in [9.17, 15) is 5.11 Å². The summed E-state index contributed by atoms with van der Waals surface area (Å²) in [7, 11) is 0. The Morgan fingerprint density at radius 3 is 2.45 bits per heavy atom. The fourth-order valence-corrected chi connectivity index (χ4v) is 3.38. The van der Waals surface area contributed by atoms with Crippen LogP contribution < -0.4 is 0 Å². The molecule has 1 heterocycles. The number of piperidine rings is 1. The Morgan fingerprint density at radius 1 is 1.30 bits per heavy atom. The molecule has 0 amide bonds. The van der Waals surface area contributed by atoms with Crippen LogP contribution in [0, 0.1) is 18.3 Å². The highest BCUT2D eigenvalue weighted by molar-refractivity contribution is 5.25. The van der Waals surface area contributed by atoms with Crippen LogP contribution in [0.2, 0.25) is 0 Å². The molecule has 2 nitrogen and oxygen atoms in total. The maximum absolute atomic E-state index is 11.2. The van der Waals surface area contributed by atoms with Crippen LogP contribution >= 0.6 is 0 Å². The minimum absolute atomic E-state index is 0.147. The van der Waals surface area contributed by atoms with Crippen molar-refractivity contribution in [1.29, 1.82) is 0 Å². The zero-order valence-corrected chi connectivity index (χ0v) is 12.9. The van der Waals surface area contributed by atoms with Crippen molar-refractivity contribution in [3.8, 4) is 12.3 Å². The van der Waals surface area contributed by atoms with E-state index in [0.29, 0.717) is 6.42 Å². The third-order valence-electron chi connectivity index (χ3n) is 4.77. The Kier molecular flexibility index (Phi) is 3.95. The minimum atomic E-state index is -0.762. The van der Waals surface area contributed by atoms with Crippen molar-refractivity contribution in [1.82, 2.24) is 4.90 Å². The molecule has 2 rings (SSSR count). The van der Waals surface area contributed by atoms with Gasteiger partial charge in [0.2, 0.25) is 0 Å². The van der Waals surface area contributed by atoms with Gasteiger partial charge in [0.25, 0.3) is 0 Å². The Hall–Kier alpha value is -1.30. The van der Waals surface area contributed by atoms with Gasteiger partial charge < -0.3 is 5.11 Å². The van der Waals surface area contributed by atoms with Gasteiger partial charge in [-0.3, -0.25) is 4.90 Å². The predicted octanol–water partition coefficient (Wildman–Crippen LogP) is 3.02. The van der Waals surface area contributed by atoms with E-state index >= 15 is 0 Å². The van der Waals surface area contributed by atoms with Crippen LogP contribution in [0.4, 0.5) is 0 Å². The highest BCUT2D eigenvalue weighted by Gasteiger charge is 2.46. The fourth-order valence-electron chi connectivity index (χ4n) is 3.38. The molecule has 1 aromatic carbocycles. The SMILES string of the molecule is C#CC(C)(C)N1C[C@@H](C)[C@](O)(c2ccccc2)C[C@@H]1C. The van der Waals surface area contributed by atoms with Crippen molar-refractivity contribution in [2.45, 2.75) is 51.3 Å². The summed E-state index contributed by atoms with van der Waals surface area (Å²) in [6.45, 7) is 9.22. The summed E-state index contributed by atoms with van der Waals surface area (Å²) in [5.74, 6) is 3.02. The van der Waals surface area contributed by atoms with Gasteiger partial charge in [0.05, 0.1) is 11.1 Å². The first-order chi connectivity index (χ1) is 9.31. The Balaban J connectivity index is 2.29. The van der Waals surface area contributed by atoms with Crippen molar-refractivity contribution >= 4 is 0 Å². The maximum atomic E-state index is 11.2. The van der Waals surface area contributed by atoms with E-state index in [0.717, 1.165) is 12.1 Å². The molecule has 0 aromatic heterocycles. The first-order valence-corrected chi connectivity index (χ1v) is 7.33. The van der Waals surface area contributed by atoms with Gasteiger partial charge in [0.15, 0.2) is 0 Å². The van der Waals surface area contributed by atoms with E-state index in [4.69, 9.17) is 6.42 Å². The van der Waals surface area contributed by atoms with Crippen molar-refractivity contribution in [2.75, 3.05) is 6.54 Å². The molecular weight excluding hydrogens is 246 g/mol. The maximum Gasteiger partial charge on any atom is 0.0948 e. The molecule has 1 fully saturated rings. The number of nitrogens with zero attached hydrogens (tertiary/aromatic N) is 1. The van der Waals surface area contributed by atoms with Crippen LogP contribution in [0.3, 0.4) is 0 Å². The molecule has 0 unspecified atom stereocenters. The molecule has 0 saturated carbocycles. The first-order valence-electron chi connectivity index (χ1n) is 7.33. The van der Waals surface area contributed by atoms with Crippen LogP contribution in [-0.4, -0.2) is 28.1 Å². The molecule has 1 aromatic rings. The molecule has 1 N–H and O–H groups in total. The molecule has 3 atom stereocenters. The Bertz CT molecular complexity index is 502. The molecule has 0 spiro atoms. The molecule has 0 aliphatic carbocycles. The van der Waals surface area contributed by atoms with Gasteiger partial charge in [-0.05, 0) is 32.8 Å². The lowest BCUT2D eigenvalue weighted by molar-refractivity contribution is -0.105. The number of likely N-dealkylation sites (tertiary alicyclic amines) is 1. The molecule has 0 radical (unpaired) electrons. The summed E-state index contributed by atoms with van der Waals surface area (Å²) in [4.78, 5) is 2.33. The summed E-state index contributed by atoms with van der Waals surface area (Å²) >= 11 is 0. The van der Waals surface area contributed by atoms with Crippen molar-refractivity contribution in [3.05, 3.63) is 35.9 Å². The monoisotopic (exact) mass is 271 g/mol. The van der Waals surface area contributed by atoms with Gasteiger partial charge in [0, 0.05) is 18.5 Å². The Morgan fingerprint density at radius 2 is 1.90 bits per heavy atom. The molecule has 2 heteroatoms. The summed E-state index contributed by atoms with van der Waals surface area (Å²) < 4.78 is 0. The minimum Gasteiger partial charge on any atom is -0.385 e. The standard InChI is InChI=1S/C18H25NO/c1-6-17(4,5)19-13-14(2)18(20,12-15(19)3)16-10-8-7-9-11-16/h1,7-11,14-15,20H,12-13H2,2-5H3/t14-,15+,18+/m1/s1. The number of hydrogen-bond acceptors (Lipinski definition) is 2. The summed E-state index contributed by atoms with van der Waals surface area (Å²) in [6, 6.07) is 10.3. The lowest BCUT2D eigenvalue weighted by atomic mass is 9.73. The van der Waals surface area contributed by atoms with Crippen LogP contribution in [0.15, 0.2) is 30.3 Å². The van der Waals surface area contributed by atoms with Gasteiger partial charge in [-0.25, -0.2) is 0 Å². The van der Waals surface area contributed by atoms with Crippen molar-refractivity contribution in [3.63, 3.8) is 0 Å². The zero-order valence-electron chi connectivity index (χ0n) is 12.9. The smallest absolute Gasteiger partial charge is 0.0948 e. The van der Waals surface area contributed by atoms with E-state index in [1.165, 1.54) is 0 Å². The molecule has 0 bridgehead atoms. The number of aliphatic hydroxyl groups is 1. The lowest BCUT2D eigenvalue weighted by Crippen LogP contribution is -2.59. The second-order valence-corrected chi connectivity index (χ2v) is 6.60. The van der Waals surface area contributed by atoms with Gasteiger partial charge in [-0.1, -0.05) is 43.2 Å². The number of benzene rings is 1. The molecule has 20 heavy (non-hydrogen) atoms. The second-order valence-electron chi connectivity index (χ2n) is 6.60. The van der Waals surface area contributed by atoms with E-state index in [2.05, 4.69) is 38.5 Å². The van der Waals surface area contributed by atoms with E-state index < -0.39 is 5.60 Å². The number of terminal acetylenes is 1. The number of hydrogen-bond donors (Lipinski definition) is 1. The third kappa shape index (κ3) is 2.49. The van der Waals surface area contributed by atoms with Gasteiger partial charge in [-0.2, -0.15) is 0 Å².